The summed E-state index contributed by atoms with van der Waals surface area (Å²) in [5.41, 5.74) is 4.47. The van der Waals surface area contributed by atoms with Crippen molar-refractivity contribution >= 4 is 39.9 Å². The molecule has 2 aliphatic rings. The number of hydrogen-bond acceptors (Lipinski definition) is 3. The topological polar surface area (TPSA) is 26.3 Å². The maximum atomic E-state index is 12.2. The first-order valence-corrected chi connectivity index (χ1v) is 9.81. The minimum atomic E-state index is -0.329. The summed E-state index contributed by atoms with van der Waals surface area (Å²) in [5, 5.41) is 0. The van der Waals surface area contributed by atoms with Crippen LogP contribution in [0.2, 0.25) is 0 Å². The van der Waals surface area contributed by atoms with E-state index in [1.165, 1.54) is 15.6 Å². The minimum Gasteiger partial charge on any atom is -0.465 e. The molecule has 2 nitrogen and oxygen atoms in total. The molecule has 1 aromatic heterocycles. The molecule has 0 spiro atoms. The van der Waals surface area contributed by atoms with Crippen LogP contribution in [0.4, 0.5) is 0 Å². The zero-order chi connectivity index (χ0) is 18.0. The number of hydrogen-bond donors (Lipinski definition) is 0. The number of methoxy groups -OCH3 is 1. The van der Waals surface area contributed by atoms with Gasteiger partial charge in [-0.2, -0.15) is 0 Å². The number of rotatable bonds is 2. The van der Waals surface area contributed by atoms with Crippen LogP contribution in [0.25, 0.3) is 11.1 Å². The maximum Gasteiger partial charge on any atom is 0.338 e. The fourth-order valence-electron chi connectivity index (χ4n) is 2.65. The van der Waals surface area contributed by atoms with E-state index in [4.69, 9.17) is 4.74 Å². The van der Waals surface area contributed by atoms with Crippen LogP contribution in [-0.2, 0) is 4.74 Å². The number of fused-ring (bicyclic) bond motifs is 1. The fraction of sp³-hybridized carbons (Fsp3) is 0.190. The molecule has 126 valence electrons. The van der Waals surface area contributed by atoms with Crippen LogP contribution >= 0.6 is 33.9 Å². The molecule has 0 unspecified atom stereocenters. The van der Waals surface area contributed by atoms with Gasteiger partial charge in [0.05, 0.1) is 20.4 Å². The SMILES string of the molecule is COC(=O)c1cc(C#Cc2ccc(I)s2)c2cccc(C(C)C)cc1-2. The molecule has 1 aromatic rings. The summed E-state index contributed by atoms with van der Waals surface area (Å²) in [6.45, 7) is 4.28. The van der Waals surface area contributed by atoms with Crippen LogP contribution in [0.15, 0.2) is 42.5 Å². The van der Waals surface area contributed by atoms with Gasteiger partial charge in [0, 0.05) is 5.56 Å². The molecule has 0 N–H and O–H groups in total. The second-order valence-electron chi connectivity index (χ2n) is 5.97. The molecular weight excluding hydrogens is 443 g/mol. The van der Waals surface area contributed by atoms with Gasteiger partial charge >= 0.3 is 5.97 Å². The molecule has 0 fully saturated rings. The molecule has 2 aliphatic carbocycles. The first-order chi connectivity index (χ1) is 12.0. The Morgan fingerprint density at radius 2 is 1.92 bits per heavy atom. The summed E-state index contributed by atoms with van der Waals surface area (Å²) in [5.74, 6) is 6.48. The Bertz CT molecular complexity index is 960. The lowest BCUT2D eigenvalue weighted by molar-refractivity contribution is 0.0602. The third-order valence-corrected chi connectivity index (χ3v) is 5.80. The second-order valence-corrected chi connectivity index (χ2v) is 8.95. The highest BCUT2D eigenvalue weighted by Gasteiger charge is 2.20. The Morgan fingerprint density at radius 1 is 1.12 bits per heavy atom. The van der Waals surface area contributed by atoms with Gasteiger partial charge in [-0.05, 0) is 69.5 Å². The minimum absolute atomic E-state index is 0.329. The Morgan fingerprint density at radius 3 is 2.56 bits per heavy atom. The Balaban J connectivity index is 2.15. The van der Waals surface area contributed by atoms with Gasteiger partial charge in [0.1, 0.15) is 0 Å². The first-order valence-electron chi connectivity index (χ1n) is 7.92. The number of ether oxygens (including phenoxy) is 1. The van der Waals surface area contributed by atoms with Gasteiger partial charge in [-0.1, -0.05) is 43.9 Å². The molecule has 0 atom stereocenters. The summed E-state index contributed by atoms with van der Waals surface area (Å²) in [7, 11) is 1.41. The van der Waals surface area contributed by atoms with E-state index >= 15 is 0 Å². The van der Waals surface area contributed by atoms with Crippen LogP contribution in [0, 0.1) is 14.7 Å². The van der Waals surface area contributed by atoms with Crippen molar-refractivity contribution in [3.63, 3.8) is 0 Å². The maximum absolute atomic E-state index is 12.2. The number of thiophene rings is 1. The molecule has 3 rings (SSSR count). The van der Waals surface area contributed by atoms with Gasteiger partial charge in [-0.25, -0.2) is 4.79 Å². The van der Waals surface area contributed by atoms with Crippen molar-refractivity contribution in [3.8, 4) is 23.0 Å². The third kappa shape index (κ3) is 3.88. The normalized spacial score (nSPS) is 10.6. The highest BCUT2D eigenvalue weighted by molar-refractivity contribution is 14.1. The molecule has 1 heterocycles. The molecule has 0 bridgehead atoms. The van der Waals surface area contributed by atoms with Crippen molar-refractivity contribution in [2.24, 2.45) is 0 Å². The van der Waals surface area contributed by atoms with Crippen LogP contribution in [-0.4, -0.2) is 13.1 Å². The lowest BCUT2D eigenvalue weighted by atomic mass is 10.0. The summed E-state index contributed by atoms with van der Waals surface area (Å²) >= 11 is 3.94. The van der Waals surface area contributed by atoms with Crippen molar-refractivity contribution in [2.45, 2.75) is 19.8 Å². The molecule has 25 heavy (non-hydrogen) atoms. The molecule has 0 aromatic carbocycles. The molecule has 0 saturated carbocycles. The van der Waals surface area contributed by atoms with Crippen LogP contribution in [0.5, 0.6) is 0 Å². The fourth-order valence-corrected chi connectivity index (χ4v) is 4.12. The predicted octanol–water partition coefficient (Wildman–Crippen LogP) is 5.77. The highest BCUT2D eigenvalue weighted by atomic mass is 127. The zero-order valence-corrected chi connectivity index (χ0v) is 17.2. The third-order valence-electron chi connectivity index (χ3n) is 3.99. The van der Waals surface area contributed by atoms with Gasteiger partial charge in [-0.3, -0.25) is 0 Å². The number of carbonyl (C=O) groups is 1. The largest absolute Gasteiger partial charge is 0.465 e. The van der Waals surface area contributed by atoms with Crippen molar-refractivity contribution in [2.75, 3.05) is 7.11 Å². The van der Waals surface area contributed by atoms with E-state index in [1.807, 2.05) is 30.3 Å². The second kappa shape index (κ2) is 7.59. The average Bonchev–Trinajstić information content (AvgIpc) is 3.07. The Hall–Kier alpha value is -1.84. The van der Waals surface area contributed by atoms with Gasteiger partial charge < -0.3 is 4.74 Å². The first kappa shape index (κ1) is 18.0. The van der Waals surface area contributed by atoms with E-state index in [9.17, 15) is 4.79 Å². The van der Waals surface area contributed by atoms with E-state index < -0.39 is 0 Å². The highest BCUT2D eigenvalue weighted by Crippen LogP contribution is 2.34. The van der Waals surface area contributed by atoms with E-state index in [0.717, 1.165) is 21.6 Å². The van der Waals surface area contributed by atoms with Crippen molar-refractivity contribution in [1.82, 2.24) is 0 Å². The molecular formula is C21H17IO2S. The van der Waals surface area contributed by atoms with Gasteiger partial charge in [0.25, 0.3) is 0 Å². The van der Waals surface area contributed by atoms with E-state index in [2.05, 4.69) is 60.4 Å². The predicted molar refractivity (Wildman–Crippen MR) is 112 cm³/mol. The summed E-state index contributed by atoms with van der Waals surface area (Å²) in [4.78, 5) is 13.2. The summed E-state index contributed by atoms with van der Waals surface area (Å²) in [6, 6.07) is 14.1. The van der Waals surface area contributed by atoms with Crippen molar-refractivity contribution < 1.29 is 9.53 Å². The monoisotopic (exact) mass is 460 g/mol. The quantitative estimate of drug-likeness (QED) is 0.276. The molecule has 4 heteroatoms. The molecule has 0 saturated heterocycles. The number of halogens is 1. The van der Waals surface area contributed by atoms with Crippen molar-refractivity contribution in [1.29, 1.82) is 0 Å². The zero-order valence-electron chi connectivity index (χ0n) is 14.2. The van der Waals surface area contributed by atoms with E-state index in [1.54, 1.807) is 11.3 Å². The van der Waals surface area contributed by atoms with Crippen LogP contribution < -0.4 is 0 Å². The molecule has 0 aliphatic heterocycles. The van der Waals surface area contributed by atoms with Crippen molar-refractivity contribution in [3.05, 3.63) is 66.9 Å². The number of esters is 1. The standard InChI is InChI=1S/C21H17IO2S/c1-13(2)14-5-4-6-17-15(7-8-16-9-10-20(22)25-16)12-19(18(17)11-14)21(23)24-3/h4-6,9-13H,1-3H3. The van der Waals surface area contributed by atoms with E-state index in [0.29, 0.717) is 11.5 Å². The van der Waals surface area contributed by atoms with Gasteiger partial charge in [0.15, 0.2) is 0 Å². The van der Waals surface area contributed by atoms with Gasteiger partial charge in [0.2, 0.25) is 0 Å². The lowest BCUT2D eigenvalue weighted by Gasteiger charge is -2.04. The van der Waals surface area contributed by atoms with Gasteiger partial charge in [-0.15, -0.1) is 11.3 Å². The van der Waals surface area contributed by atoms with Crippen LogP contribution in [0.3, 0.4) is 0 Å². The molecule has 0 radical (unpaired) electrons. The summed E-state index contributed by atoms with van der Waals surface area (Å²) in [6.07, 6.45) is 0. The smallest absolute Gasteiger partial charge is 0.338 e. The lowest BCUT2D eigenvalue weighted by Crippen LogP contribution is -2.00. The molecule has 0 amide bonds. The Labute approximate surface area is 165 Å². The average molecular weight is 460 g/mol. The van der Waals surface area contributed by atoms with E-state index in [-0.39, 0.29) is 5.97 Å². The Kier molecular flexibility index (Phi) is 5.45. The number of carbonyl (C=O) groups excluding carboxylic acids is 1. The van der Waals surface area contributed by atoms with Crippen LogP contribution in [0.1, 0.15) is 46.1 Å². The summed E-state index contributed by atoms with van der Waals surface area (Å²) < 4.78 is 6.17.